The molecule has 19 heavy (non-hydrogen) atoms. The van der Waals surface area contributed by atoms with Gasteiger partial charge in [0, 0.05) is 24.8 Å². The highest BCUT2D eigenvalue weighted by Crippen LogP contribution is 2.23. The highest BCUT2D eigenvalue weighted by atomic mass is 16.2. The summed E-state index contributed by atoms with van der Waals surface area (Å²) in [7, 11) is 1.97. The molecule has 2 rings (SSSR count). The van der Waals surface area contributed by atoms with Gasteiger partial charge >= 0.3 is 0 Å². The lowest BCUT2D eigenvalue weighted by Crippen LogP contribution is -2.62. The Hall–Kier alpha value is -1.39. The summed E-state index contributed by atoms with van der Waals surface area (Å²) in [5.74, 6) is 0.104. The van der Waals surface area contributed by atoms with Crippen LogP contribution in [0.15, 0.2) is 24.3 Å². The number of benzene rings is 1. The first-order valence-electron chi connectivity index (χ1n) is 6.90. The summed E-state index contributed by atoms with van der Waals surface area (Å²) in [6.07, 6.45) is 1.01. The van der Waals surface area contributed by atoms with Gasteiger partial charge in [-0.3, -0.25) is 9.69 Å². The van der Waals surface area contributed by atoms with Crippen molar-refractivity contribution in [2.24, 2.45) is 5.73 Å². The first-order chi connectivity index (χ1) is 9.08. The minimum absolute atomic E-state index is 0.104. The van der Waals surface area contributed by atoms with Crippen LogP contribution in [0.4, 0.5) is 5.69 Å². The highest BCUT2D eigenvalue weighted by Gasteiger charge is 2.36. The number of anilines is 1. The molecule has 2 N–H and O–H groups in total. The number of hydrogen-bond acceptors (Lipinski definition) is 3. The fourth-order valence-corrected chi connectivity index (χ4v) is 2.56. The van der Waals surface area contributed by atoms with Crippen LogP contribution in [-0.4, -0.2) is 43.0 Å². The lowest BCUT2D eigenvalue weighted by atomic mass is 10.1. The molecule has 4 heteroatoms. The molecule has 1 heterocycles. The predicted molar refractivity (Wildman–Crippen MR) is 78.2 cm³/mol. The largest absolute Gasteiger partial charge is 0.328 e. The van der Waals surface area contributed by atoms with E-state index in [0.29, 0.717) is 12.6 Å². The van der Waals surface area contributed by atoms with Crippen LogP contribution in [0.5, 0.6) is 0 Å². The van der Waals surface area contributed by atoms with E-state index in [1.54, 1.807) is 0 Å². The molecule has 1 aliphatic heterocycles. The van der Waals surface area contributed by atoms with E-state index in [2.05, 4.69) is 30.9 Å². The molecule has 2 unspecified atom stereocenters. The highest BCUT2D eigenvalue weighted by molar-refractivity contribution is 5.98. The maximum Gasteiger partial charge on any atom is 0.245 e. The van der Waals surface area contributed by atoms with E-state index in [0.717, 1.165) is 18.7 Å². The van der Waals surface area contributed by atoms with Crippen molar-refractivity contribution in [1.82, 2.24) is 4.90 Å². The van der Waals surface area contributed by atoms with Gasteiger partial charge in [-0.2, -0.15) is 0 Å². The number of nitrogens with zero attached hydrogens (tertiary/aromatic N) is 2. The van der Waals surface area contributed by atoms with Gasteiger partial charge < -0.3 is 10.6 Å². The van der Waals surface area contributed by atoms with Gasteiger partial charge in [-0.05, 0) is 38.1 Å². The van der Waals surface area contributed by atoms with Crippen molar-refractivity contribution in [2.45, 2.75) is 32.4 Å². The number of nitrogens with two attached hydrogens (primary N) is 1. The van der Waals surface area contributed by atoms with Crippen molar-refractivity contribution in [2.75, 3.05) is 25.0 Å². The number of aryl methyl sites for hydroxylation is 1. The third-order valence-corrected chi connectivity index (χ3v) is 4.06. The molecular weight excluding hydrogens is 238 g/mol. The summed E-state index contributed by atoms with van der Waals surface area (Å²) in [5, 5.41) is 0. The maximum atomic E-state index is 12.5. The van der Waals surface area contributed by atoms with Crippen molar-refractivity contribution in [3.63, 3.8) is 0 Å². The molecule has 0 spiro atoms. The van der Waals surface area contributed by atoms with Crippen LogP contribution in [0.3, 0.4) is 0 Å². The van der Waals surface area contributed by atoms with Crippen LogP contribution in [0.25, 0.3) is 0 Å². The van der Waals surface area contributed by atoms with Crippen LogP contribution in [0, 0.1) is 0 Å². The Balaban J connectivity index is 2.25. The van der Waals surface area contributed by atoms with E-state index >= 15 is 0 Å². The van der Waals surface area contributed by atoms with E-state index in [1.165, 1.54) is 5.56 Å². The Morgan fingerprint density at radius 2 is 1.95 bits per heavy atom. The molecule has 104 valence electrons. The van der Waals surface area contributed by atoms with Crippen LogP contribution >= 0.6 is 0 Å². The normalized spacial score (nSPS) is 24.8. The molecule has 0 aliphatic carbocycles. The number of piperazine rings is 1. The quantitative estimate of drug-likeness (QED) is 0.890. The average Bonchev–Trinajstić information content (AvgIpc) is 2.44. The molecule has 0 aromatic heterocycles. The van der Waals surface area contributed by atoms with E-state index in [9.17, 15) is 4.79 Å². The second-order valence-electron chi connectivity index (χ2n) is 5.23. The van der Waals surface area contributed by atoms with Gasteiger partial charge in [-0.1, -0.05) is 19.1 Å². The number of rotatable bonds is 3. The molecule has 0 bridgehead atoms. The van der Waals surface area contributed by atoms with E-state index < -0.39 is 0 Å². The van der Waals surface area contributed by atoms with Gasteiger partial charge in [0.25, 0.3) is 0 Å². The number of carbonyl (C=O) groups is 1. The summed E-state index contributed by atoms with van der Waals surface area (Å²) in [6, 6.07) is 8.34. The zero-order valence-corrected chi connectivity index (χ0v) is 12.0. The van der Waals surface area contributed by atoms with Crippen LogP contribution < -0.4 is 10.6 Å². The minimum atomic E-state index is -0.213. The third-order valence-electron chi connectivity index (χ3n) is 4.06. The Labute approximate surface area is 115 Å². The standard InChI is InChI=1S/C15H23N3O/c1-4-12-5-7-13(8-6-12)18-10-11(2)17(3)14(9-16)15(18)19/h5-8,11,14H,4,9-10,16H2,1-3H3. The first-order valence-corrected chi connectivity index (χ1v) is 6.90. The lowest BCUT2D eigenvalue weighted by molar-refractivity contribution is -0.126. The van der Waals surface area contributed by atoms with Crippen molar-refractivity contribution in [3.8, 4) is 0 Å². The predicted octanol–water partition coefficient (Wildman–Crippen LogP) is 1.24. The second kappa shape index (κ2) is 5.72. The molecule has 1 aliphatic rings. The molecular formula is C15H23N3O. The average molecular weight is 261 g/mol. The number of likely N-dealkylation sites (N-methyl/N-ethyl adjacent to an activating group) is 1. The molecule has 1 aromatic rings. The molecule has 1 aromatic carbocycles. The number of carbonyl (C=O) groups excluding carboxylic acids is 1. The van der Waals surface area contributed by atoms with E-state index in [1.807, 2.05) is 24.1 Å². The van der Waals surface area contributed by atoms with Crippen LogP contribution in [0.1, 0.15) is 19.4 Å². The maximum absolute atomic E-state index is 12.5. The van der Waals surface area contributed by atoms with Gasteiger partial charge in [0.2, 0.25) is 5.91 Å². The second-order valence-corrected chi connectivity index (χ2v) is 5.23. The van der Waals surface area contributed by atoms with Crippen molar-refractivity contribution < 1.29 is 4.79 Å². The summed E-state index contributed by atoms with van der Waals surface area (Å²) in [4.78, 5) is 16.4. The van der Waals surface area contributed by atoms with E-state index in [4.69, 9.17) is 5.73 Å². The Bertz CT molecular complexity index is 443. The molecule has 1 saturated heterocycles. The van der Waals surface area contributed by atoms with Gasteiger partial charge in [0.1, 0.15) is 6.04 Å². The minimum Gasteiger partial charge on any atom is -0.328 e. The first kappa shape index (κ1) is 14.0. The van der Waals surface area contributed by atoms with Crippen LogP contribution in [-0.2, 0) is 11.2 Å². The van der Waals surface area contributed by atoms with Crippen LogP contribution in [0.2, 0.25) is 0 Å². The fraction of sp³-hybridized carbons (Fsp3) is 0.533. The summed E-state index contributed by atoms with van der Waals surface area (Å²) >= 11 is 0. The summed E-state index contributed by atoms with van der Waals surface area (Å²) < 4.78 is 0. The molecule has 0 saturated carbocycles. The molecule has 1 amide bonds. The number of hydrogen-bond donors (Lipinski definition) is 1. The van der Waals surface area contributed by atoms with E-state index in [-0.39, 0.29) is 11.9 Å². The van der Waals surface area contributed by atoms with Crippen molar-refractivity contribution >= 4 is 11.6 Å². The van der Waals surface area contributed by atoms with Crippen molar-refractivity contribution in [1.29, 1.82) is 0 Å². The SMILES string of the molecule is CCc1ccc(N2CC(C)N(C)C(CN)C2=O)cc1. The van der Waals surface area contributed by atoms with Gasteiger partial charge in [-0.25, -0.2) is 0 Å². The lowest BCUT2D eigenvalue weighted by Gasteiger charge is -2.42. The topological polar surface area (TPSA) is 49.6 Å². The van der Waals surface area contributed by atoms with Gasteiger partial charge in [0.05, 0.1) is 0 Å². The molecule has 1 fully saturated rings. The fourth-order valence-electron chi connectivity index (χ4n) is 2.56. The number of amides is 1. The van der Waals surface area contributed by atoms with Crippen molar-refractivity contribution in [3.05, 3.63) is 29.8 Å². The molecule has 2 atom stereocenters. The Kier molecular flexibility index (Phi) is 4.22. The summed E-state index contributed by atoms with van der Waals surface area (Å²) in [6.45, 7) is 5.34. The Morgan fingerprint density at radius 1 is 1.32 bits per heavy atom. The smallest absolute Gasteiger partial charge is 0.245 e. The zero-order chi connectivity index (χ0) is 14.0. The summed E-state index contributed by atoms with van der Waals surface area (Å²) in [5.41, 5.74) is 8.00. The molecule has 0 radical (unpaired) electrons. The Morgan fingerprint density at radius 3 is 2.47 bits per heavy atom. The zero-order valence-electron chi connectivity index (χ0n) is 12.0. The van der Waals surface area contributed by atoms with Gasteiger partial charge in [0.15, 0.2) is 0 Å². The van der Waals surface area contributed by atoms with Gasteiger partial charge in [-0.15, -0.1) is 0 Å². The monoisotopic (exact) mass is 261 g/mol. The third kappa shape index (κ3) is 2.65. The molecule has 4 nitrogen and oxygen atoms in total.